The van der Waals surface area contributed by atoms with Gasteiger partial charge >= 0.3 is 0 Å². The van der Waals surface area contributed by atoms with Crippen molar-refractivity contribution in [2.45, 2.75) is 19.9 Å². The maximum atomic E-state index is 6.03. The van der Waals surface area contributed by atoms with Crippen LogP contribution in [0.4, 0.5) is 5.69 Å². The van der Waals surface area contributed by atoms with Gasteiger partial charge in [0.1, 0.15) is 17.6 Å². The second-order valence-electron chi connectivity index (χ2n) is 7.20. The molecule has 0 spiro atoms. The molecule has 7 heteroatoms. The van der Waals surface area contributed by atoms with E-state index >= 15 is 0 Å². The summed E-state index contributed by atoms with van der Waals surface area (Å²) < 4.78 is 6.03. The zero-order valence-electron chi connectivity index (χ0n) is 17.2. The molecule has 1 saturated heterocycles. The molecule has 2 heterocycles. The van der Waals surface area contributed by atoms with Crippen LogP contribution < -0.4 is 22.0 Å². The summed E-state index contributed by atoms with van der Waals surface area (Å²) >= 11 is 0. The van der Waals surface area contributed by atoms with Crippen LogP contribution in [0.15, 0.2) is 46.9 Å². The summed E-state index contributed by atoms with van der Waals surface area (Å²) in [6.07, 6.45) is 3.42. The van der Waals surface area contributed by atoms with E-state index in [0.29, 0.717) is 17.4 Å². The van der Waals surface area contributed by atoms with Crippen molar-refractivity contribution in [1.82, 2.24) is 10.3 Å². The number of nitrogens with zero attached hydrogens (tertiary/aromatic N) is 3. The molecule has 1 aliphatic rings. The lowest BCUT2D eigenvalue weighted by Crippen LogP contribution is -2.52. The van der Waals surface area contributed by atoms with Gasteiger partial charge in [-0.25, -0.2) is 5.84 Å². The predicted molar refractivity (Wildman–Crippen MR) is 120 cm³/mol. The van der Waals surface area contributed by atoms with Crippen LogP contribution in [0.2, 0.25) is 0 Å². The van der Waals surface area contributed by atoms with Crippen molar-refractivity contribution < 1.29 is 4.42 Å². The molecule has 0 amide bonds. The molecule has 3 rings (SSSR count). The molecule has 0 aliphatic carbocycles. The molecule has 1 fully saturated rings. The highest BCUT2D eigenvalue weighted by molar-refractivity contribution is 5.87. The van der Waals surface area contributed by atoms with Gasteiger partial charge in [0, 0.05) is 37.4 Å². The fraction of sp³-hybridized carbons (Fsp3) is 0.318. The Kier molecular flexibility index (Phi) is 6.41. The Morgan fingerprint density at radius 1 is 1.17 bits per heavy atom. The van der Waals surface area contributed by atoms with Gasteiger partial charge < -0.3 is 20.6 Å². The monoisotopic (exact) mass is 394 g/mol. The normalized spacial score (nSPS) is 16.5. The van der Waals surface area contributed by atoms with Gasteiger partial charge in [-0.2, -0.15) is 5.10 Å². The predicted octanol–water partition coefficient (Wildman–Crippen LogP) is 2.78. The summed E-state index contributed by atoms with van der Waals surface area (Å²) in [6.45, 7) is 15.4. The van der Waals surface area contributed by atoms with Crippen molar-refractivity contribution in [2.75, 3.05) is 31.1 Å². The number of nitrogens with one attached hydrogen (secondary N) is 1. The van der Waals surface area contributed by atoms with Gasteiger partial charge in [0.05, 0.1) is 0 Å². The summed E-state index contributed by atoms with van der Waals surface area (Å²) in [6, 6.07) is 8.05. The number of hydrazine groups is 1. The lowest BCUT2D eigenvalue weighted by atomic mass is 10.1. The smallest absolute Gasteiger partial charge is 0.161 e. The van der Waals surface area contributed by atoms with E-state index in [2.05, 4.69) is 65.5 Å². The molecular formula is C22H30N6O. The molecule has 1 aromatic heterocycles. The molecule has 154 valence electrons. The standard InChI is InChI=1S/C22H30N6O/c1-5-17-14-19(29-18(17)6-2)21(22(25-23)26-24)28-12-10-27(11-13-28)20-15(3)8-7-9-16(20)4/h5-9,14,21H,1-2,10-13,23-24H2,3-4H3,(H,25,26). The summed E-state index contributed by atoms with van der Waals surface area (Å²) in [5, 5.41) is 3.87. The Balaban J connectivity index is 1.87. The number of hydrogen-bond acceptors (Lipinski definition) is 6. The lowest BCUT2D eigenvalue weighted by molar-refractivity contribution is 0.206. The number of aryl methyl sites for hydroxylation is 2. The van der Waals surface area contributed by atoms with Crippen LogP contribution in [0.1, 0.15) is 34.3 Å². The number of para-hydroxylation sites is 1. The van der Waals surface area contributed by atoms with E-state index in [4.69, 9.17) is 16.1 Å². The van der Waals surface area contributed by atoms with Gasteiger partial charge in [0.15, 0.2) is 5.84 Å². The van der Waals surface area contributed by atoms with Crippen LogP contribution in [-0.4, -0.2) is 36.9 Å². The zero-order chi connectivity index (χ0) is 21.0. The Bertz CT molecular complexity index is 862. The van der Waals surface area contributed by atoms with Crippen molar-refractivity contribution in [3.05, 3.63) is 65.6 Å². The molecule has 1 aliphatic heterocycles. The van der Waals surface area contributed by atoms with Crippen molar-refractivity contribution in [2.24, 2.45) is 16.8 Å². The van der Waals surface area contributed by atoms with E-state index in [9.17, 15) is 0 Å². The first-order chi connectivity index (χ1) is 14.0. The molecule has 1 aromatic carbocycles. The minimum Gasteiger partial charge on any atom is -0.459 e. The average Bonchev–Trinajstić information content (AvgIpc) is 3.15. The van der Waals surface area contributed by atoms with Gasteiger partial charge in [-0.05, 0) is 37.1 Å². The molecule has 2 aromatic rings. The van der Waals surface area contributed by atoms with Crippen LogP contribution in [0.3, 0.4) is 0 Å². The number of anilines is 1. The molecule has 29 heavy (non-hydrogen) atoms. The molecular weight excluding hydrogens is 364 g/mol. The van der Waals surface area contributed by atoms with Gasteiger partial charge in [-0.1, -0.05) is 37.4 Å². The minimum atomic E-state index is -0.308. The van der Waals surface area contributed by atoms with Crippen LogP contribution in [-0.2, 0) is 0 Å². The number of furan rings is 1. The van der Waals surface area contributed by atoms with E-state index in [-0.39, 0.29) is 6.04 Å². The van der Waals surface area contributed by atoms with E-state index in [1.807, 2.05) is 6.07 Å². The third kappa shape index (κ3) is 4.06. The topological polar surface area (TPSA) is 96.0 Å². The third-order valence-electron chi connectivity index (χ3n) is 5.47. The lowest BCUT2D eigenvalue weighted by Gasteiger charge is -2.40. The van der Waals surface area contributed by atoms with Gasteiger partial charge in [0.2, 0.25) is 0 Å². The van der Waals surface area contributed by atoms with Crippen molar-refractivity contribution in [1.29, 1.82) is 0 Å². The summed E-state index contributed by atoms with van der Waals surface area (Å²) in [5.74, 6) is 13.2. The van der Waals surface area contributed by atoms with Crippen molar-refractivity contribution in [3.8, 4) is 0 Å². The molecule has 0 saturated carbocycles. The minimum absolute atomic E-state index is 0.308. The number of nitrogens with two attached hydrogens (primary N) is 2. The first-order valence-corrected chi connectivity index (χ1v) is 9.72. The first kappa shape index (κ1) is 20.7. The number of benzene rings is 1. The maximum absolute atomic E-state index is 6.03. The highest BCUT2D eigenvalue weighted by Gasteiger charge is 2.32. The molecule has 1 unspecified atom stereocenters. The molecule has 1 atom stereocenters. The van der Waals surface area contributed by atoms with Crippen LogP contribution in [0.5, 0.6) is 0 Å². The summed E-state index contributed by atoms with van der Waals surface area (Å²) in [7, 11) is 0. The fourth-order valence-corrected chi connectivity index (χ4v) is 4.08. The molecule has 7 nitrogen and oxygen atoms in total. The maximum Gasteiger partial charge on any atom is 0.161 e. The zero-order valence-corrected chi connectivity index (χ0v) is 17.2. The molecule has 5 N–H and O–H groups in total. The Morgan fingerprint density at radius 2 is 1.83 bits per heavy atom. The second kappa shape index (κ2) is 8.98. The van der Waals surface area contributed by atoms with Gasteiger partial charge in [-0.15, -0.1) is 0 Å². The first-order valence-electron chi connectivity index (χ1n) is 9.72. The average molecular weight is 395 g/mol. The van der Waals surface area contributed by atoms with E-state index in [0.717, 1.165) is 31.7 Å². The van der Waals surface area contributed by atoms with E-state index in [1.165, 1.54) is 16.8 Å². The van der Waals surface area contributed by atoms with E-state index < -0.39 is 0 Å². The van der Waals surface area contributed by atoms with E-state index in [1.54, 1.807) is 12.2 Å². The number of piperazine rings is 1. The largest absolute Gasteiger partial charge is 0.459 e. The van der Waals surface area contributed by atoms with Gasteiger partial charge in [-0.3, -0.25) is 4.90 Å². The summed E-state index contributed by atoms with van der Waals surface area (Å²) in [4.78, 5) is 4.70. The van der Waals surface area contributed by atoms with Crippen molar-refractivity contribution in [3.63, 3.8) is 0 Å². The van der Waals surface area contributed by atoms with Gasteiger partial charge in [0.25, 0.3) is 0 Å². The number of amidine groups is 1. The number of rotatable bonds is 6. The number of hydrogen-bond donors (Lipinski definition) is 3. The summed E-state index contributed by atoms with van der Waals surface area (Å²) in [5.41, 5.74) is 7.41. The quantitative estimate of drug-likeness (QED) is 0.302. The highest BCUT2D eigenvalue weighted by atomic mass is 16.3. The Hall–Kier alpha value is -3.03. The fourth-order valence-electron chi connectivity index (χ4n) is 4.08. The Labute approximate surface area is 172 Å². The second-order valence-corrected chi connectivity index (χ2v) is 7.20. The molecule has 0 radical (unpaired) electrons. The van der Waals surface area contributed by atoms with Crippen LogP contribution in [0, 0.1) is 13.8 Å². The highest BCUT2D eigenvalue weighted by Crippen LogP contribution is 2.31. The van der Waals surface area contributed by atoms with Crippen LogP contribution in [0.25, 0.3) is 12.2 Å². The SMILES string of the molecule is C=Cc1cc(C(/C(=N/N)NN)N2CCN(c3c(C)cccc3C)CC2)oc1C=C. The van der Waals surface area contributed by atoms with Crippen molar-refractivity contribution >= 4 is 23.7 Å². The number of hydrazone groups is 1. The Morgan fingerprint density at radius 3 is 2.31 bits per heavy atom. The molecule has 0 bridgehead atoms. The van der Waals surface area contributed by atoms with Crippen LogP contribution >= 0.6 is 0 Å². The third-order valence-corrected chi connectivity index (χ3v) is 5.47.